The van der Waals surface area contributed by atoms with Crippen LogP contribution in [0.15, 0.2) is 72.1 Å². The van der Waals surface area contributed by atoms with E-state index in [4.69, 9.17) is 4.74 Å². The average Bonchev–Trinajstić information content (AvgIpc) is 3.36. The molecule has 176 valence electrons. The quantitative estimate of drug-likeness (QED) is 0.369. The van der Waals surface area contributed by atoms with E-state index in [0.29, 0.717) is 5.56 Å². The number of anilines is 1. The van der Waals surface area contributed by atoms with Crippen LogP contribution in [0.3, 0.4) is 0 Å². The number of carbonyl (C=O) groups excluding carboxylic acids is 1. The Kier molecular flexibility index (Phi) is 6.59. The highest BCUT2D eigenvalue weighted by Crippen LogP contribution is 2.41. The third kappa shape index (κ3) is 4.49. The number of nitrogens with zero attached hydrogens (tertiary/aromatic N) is 3. The molecular formula is C28H32N4O2. The number of carbonyl (C=O) groups is 1. The molecule has 1 amide bonds. The summed E-state index contributed by atoms with van der Waals surface area (Å²) in [6.07, 6.45) is 8.82. The molecule has 0 unspecified atom stereocenters. The zero-order valence-corrected chi connectivity index (χ0v) is 20.5. The highest BCUT2D eigenvalue weighted by molar-refractivity contribution is 5.98. The number of nitrogens with one attached hydrogen (secondary N) is 1. The van der Waals surface area contributed by atoms with Gasteiger partial charge in [0, 0.05) is 41.8 Å². The molecule has 34 heavy (non-hydrogen) atoms. The third-order valence-electron chi connectivity index (χ3n) is 6.18. The van der Waals surface area contributed by atoms with Gasteiger partial charge in [-0.15, -0.1) is 0 Å². The minimum absolute atomic E-state index is 0.0746. The predicted octanol–water partition coefficient (Wildman–Crippen LogP) is 5.66. The number of allylic oxidation sites excluding steroid dienone is 1. The van der Waals surface area contributed by atoms with Crippen LogP contribution in [-0.4, -0.2) is 35.9 Å². The number of ether oxygens (including phenoxy) is 1. The highest BCUT2D eigenvalue weighted by Gasteiger charge is 2.31. The first-order chi connectivity index (χ1) is 16.4. The summed E-state index contributed by atoms with van der Waals surface area (Å²) in [5.41, 5.74) is 8.28. The van der Waals surface area contributed by atoms with Gasteiger partial charge < -0.3 is 14.2 Å². The number of amides is 1. The molecule has 2 aromatic carbocycles. The number of para-hydroxylation sites is 1. The van der Waals surface area contributed by atoms with E-state index < -0.39 is 0 Å². The molecule has 3 aromatic rings. The molecule has 1 aromatic heterocycles. The summed E-state index contributed by atoms with van der Waals surface area (Å²) in [7, 11) is 1.66. The van der Waals surface area contributed by atoms with Crippen molar-refractivity contribution in [2.24, 2.45) is 5.10 Å². The number of methoxy groups -OCH3 is 1. The molecule has 0 atom stereocenters. The second kappa shape index (κ2) is 9.59. The molecule has 1 N–H and O–H groups in total. The van der Waals surface area contributed by atoms with Crippen molar-refractivity contribution in [3.05, 3.63) is 83.7 Å². The van der Waals surface area contributed by atoms with Crippen molar-refractivity contribution in [1.29, 1.82) is 0 Å². The van der Waals surface area contributed by atoms with Gasteiger partial charge in [-0.2, -0.15) is 5.10 Å². The SMILES string of the molecule is CCCN1c2cc(OC)c(/C=N\NC(=O)c3ccccc3-n3cccc3)cc2C(C)=CC1(C)C. The van der Waals surface area contributed by atoms with Crippen LogP contribution in [0.4, 0.5) is 5.69 Å². The summed E-state index contributed by atoms with van der Waals surface area (Å²) in [6.45, 7) is 9.75. The zero-order chi connectivity index (χ0) is 24.3. The molecule has 0 radical (unpaired) electrons. The number of fused-ring (bicyclic) bond motifs is 1. The van der Waals surface area contributed by atoms with E-state index in [1.54, 1.807) is 19.4 Å². The molecular weight excluding hydrogens is 424 g/mol. The molecule has 1 aliphatic rings. The molecule has 0 saturated heterocycles. The van der Waals surface area contributed by atoms with Crippen LogP contribution < -0.4 is 15.1 Å². The van der Waals surface area contributed by atoms with Crippen LogP contribution in [0.5, 0.6) is 5.75 Å². The van der Waals surface area contributed by atoms with E-state index in [1.165, 1.54) is 5.57 Å². The topological polar surface area (TPSA) is 58.9 Å². The Balaban J connectivity index is 1.62. The van der Waals surface area contributed by atoms with Gasteiger partial charge in [-0.25, -0.2) is 5.43 Å². The maximum atomic E-state index is 12.9. The van der Waals surface area contributed by atoms with Crippen molar-refractivity contribution in [1.82, 2.24) is 9.99 Å². The smallest absolute Gasteiger partial charge is 0.273 e. The molecule has 0 saturated carbocycles. The first kappa shape index (κ1) is 23.4. The fourth-order valence-electron chi connectivity index (χ4n) is 4.64. The lowest BCUT2D eigenvalue weighted by atomic mass is 9.87. The number of benzene rings is 2. The van der Waals surface area contributed by atoms with Crippen LogP contribution in [-0.2, 0) is 0 Å². The molecule has 6 heteroatoms. The second-order valence-corrected chi connectivity index (χ2v) is 9.05. The summed E-state index contributed by atoms with van der Waals surface area (Å²) in [5.74, 6) is 0.445. The summed E-state index contributed by atoms with van der Waals surface area (Å²) >= 11 is 0. The maximum Gasteiger partial charge on any atom is 0.273 e. The van der Waals surface area contributed by atoms with Gasteiger partial charge in [-0.1, -0.05) is 25.1 Å². The Morgan fingerprint density at radius 3 is 2.56 bits per heavy atom. The van der Waals surface area contributed by atoms with Gasteiger partial charge in [0.05, 0.1) is 30.1 Å². The number of hydrazone groups is 1. The minimum atomic E-state index is -0.274. The maximum absolute atomic E-state index is 12.9. The highest BCUT2D eigenvalue weighted by atomic mass is 16.5. The van der Waals surface area contributed by atoms with Crippen LogP contribution in [0.1, 0.15) is 55.6 Å². The van der Waals surface area contributed by atoms with Gasteiger partial charge in [-0.3, -0.25) is 4.79 Å². The first-order valence-corrected chi connectivity index (χ1v) is 11.6. The Morgan fingerprint density at radius 1 is 1.12 bits per heavy atom. The van der Waals surface area contributed by atoms with E-state index in [-0.39, 0.29) is 11.4 Å². The number of rotatable bonds is 7. The molecule has 6 nitrogen and oxygen atoms in total. The molecule has 2 heterocycles. The van der Waals surface area contributed by atoms with Crippen molar-refractivity contribution >= 4 is 23.4 Å². The van der Waals surface area contributed by atoms with Crippen molar-refractivity contribution in [2.75, 3.05) is 18.6 Å². The molecule has 0 bridgehead atoms. The molecule has 0 aliphatic carbocycles. The van der Waals surface area contributed by atoms with E-state index in [0.717, 1.165) is 41.2 Å². The van der Waals surface area contributed by atoms with Crippen molar-refractivity contribution in [2.45, 2.75) is 39.7 Å². The van der Waals surface area contributed by atoms with Crippen LogP contribution >= 0.6 is 0 Å². The monoisotopic (exact) mass is 456 g/mol. The zero-order valence-electron chi connectivity index (χ0n) is 20.5. The molecule has 0 fully saturated rings. The Morgan fingerprint density at radius 2 is 1.85 bits per heavy atom. The Bertz CT molecular complexity index is 1240. The summed E-state index contributed by atoms with van der Waals surface area (Å²) < 4.78 is 7.60. The van der Waals surface area contributed by atoms with E-state index >= 15 is 0 Å². The fourth-order valence-corrected chi connectivity index (χ4v) is 4.64. The molecule has 0 spiro atoms. The van der Waals surface area contributed by atoms with Gasteiger partial charge in [0.15, 0.2) is 0 Å². The van der Waals surface area contributed by atoms with E-state index in [9.17, 15) is 4.79 Å². The van der Waals surface area contributed by atoms with Crippen molar-refractivity contribution in [3.63, 3.8) is 0 Å². The largest absolute Gasteiger partial charge is 0.496 e. The average molecular weight is 457 g/mol. The molecule has 1 aliphatic heterocycles. The van der Waals surface area contributed by atoms with Crippen molar-refractivity contribution < 1.29 is 9.53 Å². The summed E-state index contributed by atoms with van der Waals surface area (Å²) in [4.78, 5) is 15.3. The van der Waals surface area contributed by atoms with Crippen molar-refractivity contribution in [3.8, 4) is 11.4 Å². The first-order valence-electron chi connectivity index (χ1n) is 11.6. The summed E-state index contributed by atoms with van der Waals surface area (Å²) in [5, 5.41) is 4.26. The minimum Gasteiger partial charge on any atom is -0.496 e. The van der Waals surface area contributed by atoms with Crippen LogP contribution in [0.25, 0.3) is 11.3 Å². The number of hydrogen-bond acceptors (Lipinski definition) is 4. The standard InChI is InChI=1S/C28H32N4O2/c1-6-13-32-25-17-26(34-5)21(16-23(25)20(2)18-28(32,3)4)19-29-30-27(33)22-11-7-8-12-24(22)31-14-9-10-15-31/h7-12,14-19H,6,13H2,1-5H3,(H,30,33)/b29-19-. The lowest BCUT2D eigenvalue weighted by molar-refractivity contribution is 0.0955. The Labute approximate surface area is 201 Å². The third-order valence-corrected chi connectivity index (χ3v) is 6.18. The lowest BCUT2D eigenvalue weighted by Crippen LogP contribution is -2.45. The Hall–Kier alpha value is -3.80. The fraction of sp³-hybridized carbons (Fsp3) is 0.286. The van der Waals surface area contributed by atoms with Gasteiger partial charge in [0.2, 0.25) is 0 Å². The molecule has 4 rings (SSSR count). The van der Waals surface area contributed by atoms with Crippen LogP contribution in [0.2, 0.25) is 0 Å². The number of aromatic nitrogens is 1. The van der Waals surface area contributed by atoms with E-state index in [2.05, 4.69) is 61.3 Å². The predicted molar refractivity (Wildman–Crippen MR) is 139 cm³/mol. The van der Waals surface area contributed by atoms with Gasteiger partial charge >= 0.3 is 0 Å². The van der Waals surface area contributed by atoms with E-state index in [1.807, 2.05) is 47.3 Å². The van der Waals surface area contributed by atoms with Crippen LogP contribution in [0, 0.1) is 0 Å². The second-order valence-electron chi connectivity index (χ2n) is 9.05. The number of hydrogen-bond donors (Lipinski definition) is 1. The normalized spacial score (nSPS) is 14.6. The van der Waals surface area contributed by atoms with Gasteiger partial charge in [0.1, 0.15) is 5.75 Å². The lowest BCUT2D eigenvalue weighted by Gasteiger charge is -2.43. The van der Waals surface area contributed by atoms with Gasteiger partial charge in [0.25, 0.3) is 5.91 Å². The summed E-state index contributed by atoms with van der Waals surface area (Å²) in [6, 6.07) is 15.5. The van der Waals surface area contributed by atoms with Gasteiger partial charge in [-0.05, 0) is 63.1 Å².